The highest BCUT2D eigenvalue weighted by atomic mass is 35.5. The molecule has 3 aliphatic rings. The van der Waals surface area contributed by atoms with E-state index in [4.69, 9.17) is 11.6 Å². The van der Waals surface area contributed by atoms with Crippen LogP contribution in [0.3, 0.4) is 0 Å². The molecule has 0 aromatic heterocycles. The van der Waals surface area contributed by atoms with E-state index in [-0.39, 0.29) is 5.82 Å². The zero-order valence-corrected chi connectivity index (χ0v) is 11.5. The number of hydrogen-bond donors (Lipinski definition) is 1. The number of hydrogen-bond acceptors (Lipinski definition) is 1. The van der Waals surface area contributed by atoms with Crippen LogP contribution in [0.2, 0.25) is 5.02 Å². The molecule has 0 spiro atoms. The van der Waals surface area contributed by atoms with Gasteiger partial charge < -0.3 is 5.11 Å². The van der Waals surface area contributed by atoms with E-state index in [9.17, 15) is 9.50 Å². The van der Waals surface area contributed by atoms with Gasteiger partial charge in [0.25, 0.3) is 0 Å². The molecule has 3 saturated carbocycles. The molecule has 1 aromatic rings. The maximum atomic E-state index is 13.8. The molecule has 0 amide bonds. The summed E-state index contributed by atoms with van der Waals surface area (Å²) >= 11 is 6.04. The first-order chi connectivity index (χ1) is 9.16. The number of aliphatic hydroxyl groups excluding tert-OH is 1. The third kappa shape index (κ3) is 1.76. The molecule has 3 heteroatoms. The monoisotopic (exact) mass is 280 g/mol. The zero-order valence-electron chi connectivity index (χ0n) is 10.7. The Bertz CT molecular complexity index is 481. The van der Waals surface area contributed by atoms with Gasteiger partial charge in [-0.15, -0.1) is 0 Å². The van der Waals surface area contributed by atoms with Gasteiger partial charge in [-0.1, -0.05) is 17.7 Å². The highest BCUT2D eigenvalue weighted by Crippen LogP contribution is 2.70. The molecule has 1 nitrogen and oxygen atoms in total. The fourth-order valence-corrected chi connectivity index (χ4v) is 5.22. The topological polar surface area (TPSA) is 20.2 Å². The van der Waals surface area contributed by atoms with Crippen LogP contribution >= 0.6 is 11.6 Å². The molecule has 0 radical (unpaired) electrons. The van der Waals surface area contributed by atoms with E-state index in [0.29, 0.717) is 22.9 Å². The smallest absolute Gasteiger partial charge is 0.127 e. The standard InChI is InChI=1S/C16H18ClFO/c17-11-2-1-3-12(18)10(11)7-13(19)16-14-8-4-5-9(6-8)15(14)16/h1-3,8-9,13-16,19H,4-7H2. The van der Waals surface area contributed by atoms with Gasteiger partial charge in [-0.25, -0.2) is 4.39 Å². The SMILES string of the molecule is OC(Cc1c(F)cccc1Cl)C1C2C3CCC(C3)C12. The molecule has 1 N–H and O–H groups in total. The largest absolute Gasteiger partial charge is 0.392 e. The highest BCUT2D eigenvalue weighted by Gasteiger charge is 2.66. The Morgan fingerprint density at radius 3 is 2.58 bits per heavy atom. The van der Waals surface area contributed by atoms with E-state index < -0.39 is 6.10 Å². The maximum Gasteiger partial charge on any atom is 0.127 e. The summed E-state index contributed by atoms with van der Waals surface area (Å²) in [5.74, 6) is 3.23. The lowest BCUT2D eigenvalue weighted by Gasteiger charge is -2.16. The number of halogens is 2. The molecule has 4 rings (SSSR count). The minimum atomic E-state index is -0.423. The third-order valence-electron chi connectivity index (χ3n) is 5.71. The number of fused-ring (bicyclic) bond motifs is 5. The molecule has 3 aliphatic carbocycles. The van der Waals surface area contributed by atoms with E-state index >= 15 is 0 Å². The van der Waals surface area contributed by atoms with Crippen LogP contribution in [-0.4, -0.2) is 11.2 Å². The zero-order chi connectivity index (χ0) is 13.1. The summed E-state index contributed by atoms with van der Waals surface area (Å²) in [5, 5.41) is 10.9. The number of rotatable bonds is 3. The summed E-state index contributed by atoms with van der Waals surface area (Å²) in [6.45, 7) is 0. The van der Waals surface area contributed by atoms with Crippen molar-refractivity contribution in [2.45, 2.75) is 31.8 Å². The average molecular weight is 281 g/mol. The van der Waals surface area contributed by atoms with E-state index in [1.165, 1.54) is 25.3 Å². The second kappa shape index (κ2) is 4.20. The Labute approximate surface area is 117 Å². The van der Waals surface area contributed by atoms with Crippen molar-refractivity contribution in [2.24, 2.45) is 29.6 Å². The van der Waals surface area contributed by atoms with E-state index in [1.807, 2.05) is 0 Å². The normalized spacial score (nSPS) is 40.3. The van der Waals surface area contributed by atoms with Gasteiger partial charge in [0.2, 0.25) is 0 Å². The van der Waals surface area contributed by atoms with Gasteiger partial charge in [0.05, 0.1) is 6.10 Å². The van der Waals surface area contributed by atoms with Gasteiger partial charge in [-0.2, -0.15) is 0 Å². The Morgan fingerprint density at radius 2 is 1.95 bits per heavy atom. The summed E-state index contributed by atoms with van der Waals surface area (Å²) < 4.78 is 13.8. The van der Waals surface area contributed by atoms with Crippen molar-refractivity contribution >= 4 is 11.6 Å². The first-order valence-corrected chi connectivity index (χ1v) is 7.65. The predicted molar refractivity (Wildman–Crippen MR) is 72.4 cm³/mol. The maximum absolute atomic E-state index is 13.8. The van der Waals surface area contributed by atoms with Gasteiger partial charge >= 0.3 is 0 Å². The van der Waals surface area contributed by atoms with Gasteiger partial charge in [-0.05, 0) is 61.0 Å². The van der Waals surface area contributed by atoms with Crippen molar-refractivity contribution in [3.63, 3.8) is 0 Å². The molecule has 0 heterocycles. The Morgan fingerprint density at radius 1 is 1.26 bits per heavy atom. The molecular weight excluding hydrogens is 263 g/mol. The summed E-state index contributed by atoms with van der Waals surface area (Å²) in [5.41, 5.74) is 0.481. The third-order valence-corrected chi connectivity index (χ3v) is 6.07. The summed E-state index contributed by atoms with van der Waals surface area (Å²) in [6.07, 6.45) is 4.00. The molecule has 1 aromatic carbocycles. The fraction of sp³-hybridized carbons (Fsp3) is 0.625. The van der Waals surface area contributed by atoms with Gasteiger partial charge in [0, 0.05) is 17.0 Å². The van der Waals surface area contributed by atoms with Crippen LogP contribution in [0.5, 0.6) is 0 Å². The Hall–Kier alpha value is -0.600. The number of aliphatic hydroxyl groups is 1. The van der Waals surface area contributed by atoms with Crippen LogP contribution in [0.15, 0.2) is 18.2 Å². The molecule has 102 valence electrons. The van der Waals surface area contributed by atoms with Crippen LogP contribution < -0.4 is 0 Å². The molecule has 5 unspecified atom stereocenters. The second-order valence-corrected chi connectivity index (χ2v) is 6.94. The lowest BCUT2D eigenvalue weighted by Crippen LogP contribution is -2.19. The molecular formula is C16H18ClFO. The molecule has 5 atom stereocenters. The van der Waals surface area contributed by atoms with Crippen LogP contribution in [0.4, 0.5) is 4.39 Å². The summed E-state index contributed by atoms with van der Waals surface area (Å²) in [4.78, 5) is 0. The molecule has 19 heavy (non-hydrogen) atoms. The lowest BCUT2D eigenvalue weighted by atomic mass is 9.95. The minimum Gasteiger partial charge on any atom is -0.392 e. The van der Waals surface area contributed by atoms with Crippen LogP contribution in [-0.2, 0) is 6.42 Å². The van der Waals surface area contributed by atoms with Crippen molar-refractivity contribution in [3.05, 3.63) is 34.6 Å². The molecule has 0 aliphatic heterocycles. The van der Waals surface area contributed by atoms with Crippen LogP contribution in [0, 0.1) is 35.4 Å². The Balaban J connectivity index is 1.50. The quantitative estimate of drug-likeness (QED) is 0.896. The molecule has 2 bridgehead atoms. The highest BCUT2D eigenvalue weighted by molar-refractivity contribution is 6.31. The summed E-state index contributed by atoms with van der Waals surface area (Å²) in [7, 11) is 0. The van der Waals surface area contributed by atoms with Crippen molar-refractivity contribution in [1.29, 1.82) is 0 Å². The first-order valence-electron chi connectivity index (χ1n) is 7.27. The molecule has 0 saturated heterocycles. The van der Waals surface area contributed by atoms with Gasteiger partial charge in [0.1, 0.15) is 5.82 Å². The van der Waals surface area contributed by atoms with Crippen LogP contribution in [0.25, 0.3) is 0 Å². The Kier molecular flexibility index (Phi) is 2.69. The fourth-order valence-electron chi connectivity index (χ4n) is 4.98. The van der Waals surface area contributed by atoms with Crippen LogP contribution in [0.1, 0.15) is 24.8 Å². The average Bonchev–Trinajstić information content (AvgIpc) is 2.83. The van der Waals surface area contributed by atoms with Crippen molar-refractivity contribution in [1.82, 2.24) is 0 Å². The number of benzene rings is 1. The van der Waals surface area contributed by atoms with E-state index in [1.54, 1.807) is 12.1 Å². The lowest BCUT2D eigenvalue weighted by molar-refractivity contribution is 0.128. The summed E-state index contributed by atoms with van der Waals surface area (Å²) in [6, 6.07) is 4.73. The predicted octanol–water partition coefficient (Wildman–Crippen LogP) is 3.67. The molecule has 3 fully saturated rings. The first kappa shape index (κ1) is 12.2. The van der Waals surface area contributed by atoms with E-state index in [0.717, 1.165) is 23.7 Å². The van der Waals surface area contributed by atoms with E-state index in [2.05, 4.69) is 0 Å². The second-order valence-electron chi connectivity index (χ2n) is 6.54. The van der Waals surface area contributed by atoms with Crippen molar-refractivity contribution in [2.75, 3.05) is 0 Å². The van der Waals surface area contributed by atoms with Crippen molar-refractivity contribution < 1.29 is 9.50 Å². The van der Waals surface area contributed by atoms with Crippen molar-refractivity contribution in [3.8, 4) is 0 Å². The van der Waals surface area contributed by atoms with Gasteiger partial charge in [-0.3, -0.25) is 0 Å². The van der Waals surface area contributed by atoms with Gasteiger partial charge in [0.15, 0.2) is 0 Å². The minimum absolute atomic E-state index is 0.291.